The van der Waals surface area contributed by atoms with Gasteiger partial charge in [0.05, 0.1) is 5.92 Å². The van der Waals surface area contributed by atoms with Crippen molar-refractivity contribution in [1.29, 1.82) is 0 Å². The Kier molecular flexibility index (Phi) is 4.04. The van der Waals surface area contributed by atoms with Crippen molar-refractivity contribution in [3.8, 4) is 0 Å². The second-order valence-electron chi connectivity index (χ2n) is 4.23. The molecule has 0 saturated carbocycles. The molecule has 5 heteroatoms. The zero-order chi connectivity index (χ0) is 13.2. The Morgan fingerprint density at radius 3 is 2.53 bits per heavy atom. The van der Waals surface area contributed by atoms with Crippen LogP contribution in [0.1, 0.15) is 30.8 Å². The van der Waals surface area contributed by atoms with E-state index >= 15 is 0 Å². The normalized spacial score (nSPS) is 12.5. The van der Waals surface area contributed by atoms with Crippen LogP contribution in [0, 0.1) is 19.8 Å². The summed E-state index contributed by atoms with van der Waals surface area (Å²) in [5.41, 5.74) is 2.04. The smallest absolute Gasteiger partial charge is 0.347 e. The molecule has 0 saturated heterocycles. The highest BCUT2D eigenvalue weighted by atomic mass is 16.4. The number of nitrogens with zero attached hydrogens (tertiary/aromatic N) is 2. The van der Waals surface area contributed by atoms with Crippen LogP contribution in [0.2, 0.25) is 0 Å². The molecule has 0 aliphatic carbocycles. The molecule has 94 valence electrons. The maximum Gasteiger partial charge on any atom is 0.347 e. The highest BCUT2D eigenvalue weighted by molar-refractivity contribution is 5.70. The third-order valence-corrected chi connectivity index (χ3v) is 3.02. The molecule has 1 heterocycles. The van der Waals surface area contributed by atoms with Crippen molar-refractivity contribution in [3.63, 3.8) is 0 Å². The second kappa shape index (κ2) is 5.12. The average molecular weight is 238 g/mol. The summed E-state index contributed by atoms with van der Waals surface area (Å²) in [6.07, 6.45) is 0.403. The quantitative estimate of drug-likeness (QED) is 0.853. The predicted octanol–water partition coefficient (Wildman–Crippen LogP) is 1.14. The van der Waals surface area contributed by atoms with E-state index in [1.54, 1.807) is 18.4 Å². The lowest BCUT2D eigenvalue weighted by atomic mass is 9.99. The van der Waals surface area contributed by atoms with Crippen molar-refractivity contribution < 1.29 is 9.90 Å². The minimum Gasteiger partial charge on any atom is -0.481 e. The number of rotatable bonds is 4. The molecule has 0 aromatic carbocycles. The fraction of sp³-hybridized carbons (Fsp3) is 0.583. The van der Waals surface area contributed by atoms with E-state index in [0.29, 0.717) is 18.7 Å². The molecule has 0 fully saturated rings. The molecule has 1 rings (SSSR count). The van der Waals surface area contributed by atoms with Crippen LogP contribution in [0.25, 0.3) is 0 Å². The monoisotopic (exact) mass is 238 g/mol. The number of hydrogen-bond acceptors (Lipinski definition) is 3. The lowest BCUT2D eigenvalue weighted by molar-refractivity contribution is -0.141. The van der Waals surface area contributed by atoms with Gasteiger partial charge >= 0.3 is 11.7 Å². The number of carbonyl (C=O) groups is 1. The SMILES string of the molecule is CCn1c(C)c(CC(C)C(=O)O)c(C)nc1=O. The van der Waals surface area contributed by atoms with Crippen LogP contribution < -0.4 is 5.69 Å². The Labute approximate surface area is 100 Å². The molecular formula is C12H18N2O3. The molecule has 0 aliphatic heterocycles. The Balaban J connectivity index is 3.24. The van der Waals surface area contributed by atoms with Gasteiger partial charge in [-0.15, -0.1) is 0 Å². The fourth-order valence-electron chi connectivity index (χ4n) is 1.90. The summed E-state index contributed by atoms with van der Waals surface area (Å²) < 4.78 is 1.57. The fourth-order valence-corrected chi connectivity index (χ4v) is 1.90. The Hall–Kier alpha value is -1.65. The van der Waals surface area contributed by atoms with Crippen LogP contribution >= 0.6 is 0 Å². The summed E-state index contributed by atoms with van der Waals surface area (Å²) in [7, 11) is 0. The third kappa shape index (κ3) is 2.72. The largest absolute Gasteiger partial charge is 0.481 e. The van der Waals surface area contributed by atoms with Gasteiger partial charge in [-0.3, -0.25) is 9.36 Å². The first-order valence-electron chi connectivity index (χ1n) is 5.68. The van der Waals surface area contributed by atoms with Gasteiger partial charge in [0.15, 0.2) is 0 Å². The molecule has 1 aromatic heterocycles. The zero-order valence-electron chi connectivity index (χ0n) is 10.6. The molecule has 0 bridgehead atoms. The molecule has 1 aromatic rings. The molecule has 5 nitrogen and oxygen atoms in total. The highest BCUT2D eigenvalue weighted by Crippen LogP contribution is 2.15. The molecule has 0 amide bonds. The lowest BCUT2D eigenvalue weighted by Crippen LogP contribution is -2.28. The van der Waals surface area contributed by atoms with Gasteiger partial charge in [-0.2, -0.15) is 4.98 Å². The predicted molar refractivity (Wildman–Crippen MR) is 64.1 cm³/mol. The van der Waals surface area contributed by atoms with Gasteiger partial charge in [-0.1, -0.05) is 6.92 Å². The van der Waals surface area contributed by atoms with E-state index in [-0.39, 0.29) is 5.69 Å². The van der Waals surface area contributed by atoms with E-state index in [1.807, 2.05) is 13.8 Å². The standard InChI is InChI=1S/C12H18N2O3/c1-5-14-9(4)10(6-7(2)11(15)16)8(3)13-12(14)17/h7H,5-6H2,1-4H3,(H,15,16). The molecule has 1 N–H and O–H groups in total. The van der Waals surface area contributed by atoms with Gasteiger partial charge in [-0.05, 0) is 32.8 Å². The van der Waals surface area contributed by atoms with Gasteiger partial charge in [0, 0.05) is 17.9 Å². The Bertz CT molecular complexity index is 491. The minimum atomic E-state index is -0.835. The summed E-state index contributed by atoms with van der Waals surface area (Å²) in [5.74, 6) is -1.31. The number of aromatic nitrogens is 2. The summed E-state index contributed by atoms with van der Waals surface area (Å²) in [6, 6.07) is 0. The van der Waals surface area contributed by atoms with Crippen LogP contribution in [-0.4, -0.2) is 20.6 Å². The van der Waals surface area contributed by atoms with Crippen molar-refractivity contribution in [3.05, 3.63) is 27.4 Å². The van der Waals surface area contributed by atoms with Gasteiger partial charge in [0.2, 0.25) is 0 Å². The van der Waals surface area contributed by atoms with Crippen LogP contribution in [-0.2, 0) is 17.8 Å². The summed E-state index contributed by atoms with van der Waals surface area (Å²) in [5, 5.41) is 8.92. The lowest BCUT2D eigenvalue weighted by Gasteiger charge is -2.15. The number of aryl methyl sites for hydroxylation is 1. The van der Waals surface area contributed by atoms with E-state index in [2.05, 4.69) is 4.98 Å². The summed E-state index contributed by atoms with van der Waals surface area (Å²) in [4.78, 5) is 26.4. The van der Waals surface area contributed by atoms with E-state index in [0.717, 1.165) is 11.3 Å². The maximum atomic E-state index is 11.6. The molecule has 1 unspecified atom stereocenters. The zero-order valence-corrected chi connectivity index (χ0v) is 10.6. The first-order chi connectivity index (χ1) is 7.88. The van der Waals surface area contributed by atoms with E-state index in [9.17, 15) is 9.59 Å². The maximum absolute atomic E-state index is 11.6. The first kappa shape index (κ1) is 13.4. The molecular weight excluding hydrogens is 220 g/mol. The Morgan fingerprint density at radius 1 is 1.47 bits per heavy atom. The number of aliphatic carboxylic acids is 1. The minimum absolute atomic E-state index is 0.269. The summed E-state index contributed by atoms with van der Waals surface area (Å²) in [6.45, 7) is 7.66. The average Bonchev–Trinajstić information content (AvgIpc) is 2.24. The van der Waals surface area contributed by atoms with E-state index < -0.39 is 11.9 Å². The molecule has 0 spiro atoms. The molecule has 0 aliphatic rings. The van der Waals surface area contributed by atoms with Crippen LogP contribution in [0.3, 0.4) is 0 Å². The third-order valence-electron chi connectivity index (χ3n) is 3.02. The van der Waals surface area contributed by atoms with Gasteiger partial charge < -0.3 is 5.11 Å². The molecule has 17 heavy (non-hydrogen) atoms. The van der Waals surface area contributed by atoms with Crippen LogP contribution in [0.4, 0.5) is 0 Å². The van der Waals surface area contributed by atoms with Crippen molar-refractivity contribution >= 4 is 5.97 Å². The molecule has 1 atom stereocenters. The van der Waals surface area contributed by atoms with Crippen LogP contribution in [0.15, 0.2) is 4.79 Å². The number of hydrogen-bond donors (Lipinski definition) is 1. The van der Waals surface area contributed by atoms with Gasteiger partial charge in [-0.25, -0.2) is 4.79 Å². The Morgan fingerprint density at radius 2 is 2.06 bits per heavy atom. The van der Waals surface area contributed by atoms with E-state index in [4.69, 9.17) is 5.11 Å². The van der Waals surface area contributed by atoms with Crippen molar-refractivity contribution in [2.24, 2.45) is 5.92 Å². The van der Waals surface area contributed by atoms with Crippen molar-refractivity contribution in [2.45, 2.75) is 40.7 Å². The highest BCUT2D eigenvalue weighted by Gasteiger charge is 2.17. The second-order valence-corrected chi connectivity index (χ2v) is 4.23. The van der Waals surface area contributed by atoms with E-state index in [1.165, 1.54) is 0 Å². The van der Waals surface area contributed by atoms with Crippen LogP contribution in [0.5, 0.6) is 0 Å². The molecule has 0 radical (unpaired) electrons. The summed E-state index contributed by atoms with van der Waals surface area (Å²) >= 11 is 0. The first-order valence-corrected chi connectivity index (χ1v) is 5.68. The topological polar surface area (TPSA) is 72.2 Å². The number of carboxylic acid groups (broad SMARTS) is 1. The van der Waals surface area contributed by atoms with Gasteiger partial charge in [0.1, 0.15) is 0 Å². The van der Waals surface area contributed by atoms with Gasteiger partial charge in [0.25, 0.3) is 0 Å². The number of carboxylic acids is 1. The van der Waals surface area contributed by atoms with Crippen molar-refractivity contribution in [1.82, 2.24) is 9.55 Å². The van der Waals surface area contributed by atoms with Crippen molar-refractivity contribution in [2.75, 3.05) is 0 Å².